The van der Waals surface area contributed by atoms with Crippen molar-refractivity contribution in [1.29, 1.82) is 0 Å². The standard InChI is InChI=1S/C20H25NO3S/c1-15-19(22)20(2,21-23-14-16-9-5-3-6-10-16)13-18(24-15)25-17-11-7-4-8-12-17/h3-12,15,18-19,21-22H,13-14H2,1-2H3/t15-,18-,19-,20+/m0/s1. The molecule has 4 nitrogen and oxygen atoms in total. The molecule has 0 unspecified atom stereocenters. The summed E-state index contributed by atoms with van der Waals surface area (Å²) >= 11 is 1.67. The van der Waals surface area contributed by atoms with Gasteiger partial charge in [-0.2, -0.15) is 5.48 Å². The van der Waals surface area contributed by atoms with Crippen molar-refractivity contribution >= 4 is 11.8 Å². The molecular weight excluding hydrogens is 334 g/mol. The number of aliphatic hydroxyl groups excluding tert-OH is 1. The number of hydroxylamine groups is 1. The van der Waals surface area contributed by atoms with Crippen molar-refractivity contribution in [1.82, 2.24) is 5.48 Å². The molecule has 5 heteroatoms. The smallest absolute Gasteiger partial charge is 0.110 e. The summed E-state index contributed by atoms with van der Waals surface area (Å²) in [5.74, 6) is 0. The van der Waals surface area contributed by atoms with Crippen LogP contribution < -0.4 is 5.48 Å². The first-order valence-electron chi connectivity index (χ1n) is 8.55. The largest absolute Gasteiger partial charge is 0.388 e. The Labute approximate surface area is 153 Å². The van der Waals surface area contributed by atoms with Gasteiger partial charge in [-0.3, -0.25) is 4.84 Å². The number of benzene rings is 2. The highest BCUT2D eigenvalue weighted by atomic mass is 32.2. The zero-order valence-corrected chi connectivity index (χ0v) is 15.4. The van der Waals surface area contributed by atoms with Gasteiger partial charge in [0.05, 0.1) is 18.2 Å². The van der Waals surface area contributed by atoms with Gasteiger partial charge in [0.2, 0.25) is 0 Å². The highest BCUT2D eigenvalue weighted by Gasteiger charge is 2.45. The summed E-state index contributed by atoms with van der Waals surface area (Å²) in [6.07, 6.45) is -0.268. The van der Waals surface area contributed by atoms with Crippen LogP contribution in [0.2, 0.25) is 0 Å². The molecule has 134 valence electrons. The average molecular weight is 359 g/mol. The number of hydrogen-bond acceptors (Lipinski definition) is 5. The van der Waals surface area contributed by atoms with E-state index in [1.165, 1.54) is 0 Å². The van der Waals surface area contributed by atoms with Gasteiger partial charge in [0.1, 0.15) is 11.5 Å². The third-order valence-electron chi connectivity index (χ3n) is 4.45. The van der Waals surface area contributed by atoms with Crippen LogP contribution in [0.15, 0.2) is 65.6 Å². The lowest BCUT2D eigenvalue weighted by Gasteiger charge is -2.45. The van der Waals surface area contributed by atoms with E-state index in [0.29, 0.717) is 13.0 Å². The minimum absolute atomic E-state index is 0.0429. The van der Waals surface area contributed by atoms with Crippen molar-refractivity contribution in [3.8, 4) is 0 Å². The number of hydrogen-bond donors (Lipinski definition) is 2. The first-order chi connectivity index (χ1) is 12.1. The van der Waals surface area contributed by atoms with E-state index in [2.05, 4.69) is 17.6 Å². The molecule has 0 aromatic heterocycles. The molecule has 3 rings (SSSR count). The van der Waals surface area contributed by atoms with Crippen LogP contribution >= 0.6 is 11.8 Å². The normalized spacial score (nSPS) is 29.5. The Morgan fingerprint density at radius 1 is 1.16 bits per heavy atom. The van der Waals surface area contributed by atoms with E-state index in [1.807, 2.05) is 62.4 Å². The van der Waals surface area contributed by atoms with Gasteiger partial charge in [-0.15, -0.1) is 0 Å². The van der Waals surface area contributed by atoms with Crippen molar-refractivity contribution in [2.75, 3.05) is 0 Å². The molecule has 4 atom stereocenters. The lowest BCUT2D eigenvalue weighted by atomic mass is 9.87. The van der Waals surface area contributed by atoms with Gasteiger partial charge in [0.25, 0.3) is 0 Å². The Morgan fingerprint density at radius 2 is 1.80 bits per heavy atom. The van der Waals surface area contributed by atoms with Gasteiger partial charge in [-0.05, 0) is 31.5 Å². The number of aliphatic hydroxyl groups is 1. The van der Waals surface area contributed by atoms with Gasteiger partial charge in [-0.1, -0.05) is 60.3 Å². The molecular formula is C20H25NO3S. The van der Waals surface area contributed by atoms with Gasteiger partial charge < -0.3 is 9.84 Å². The second-order valence-electron chi connectivity index (χ2n) is 6.64. The molecule has 1 saturated heterocycles. The van der Waals surface area contributed by atoms with Crippen LogP contribution in [0.4, 0.5) is 0 Å². The lowest BCUT2D eigenvalue weighted by molar-refractivity contribution is -0.166. The number of ether oxygens (including phenoxy) is 1. The summed E-state index contributed by atoms with van der Waals surface area (Å²) in [5, 5.41) is 10.6. The second kappa shape index (κ2) is 8.34. The Balaban J connectivity index is 1.61. The first-order valence-corrected chi connectivity index (χ1v) is 9.43. The van der Waals surface area contributed by atoms with E-state index in [-0.39, 0.29) is 11.5 Å². The zero-order chi connectivity index (χ0) is 17.7. The van der Waals surface area contributed by atoms with Crippen LogP contribution in [0.25, 0.3) is 0 Å². The fourth-order valence-electron chi connectivity index (χ4n) is 3.03. The van der Waals surface area contributed by atoms with Crippen molar-refractivity contribution in [3.63, 3.8) is 0 Å². The van der Waals surface area contributed by atoms with Crippen LogP contribution in [0.5, 0.6) is 0 Å². The zero-order valence-electron chi connectivity index (χ0n) is 14.6. The molecule has 0 amide bonds. The molecule has 0 radical (unpaired) electrons. The predicted molar refractivity (Wildman–Crippen MR) is 100 cm³/mol. The van der Waals surface area contributed by atoms with Crippen molar-refractivity contribution in [2.24, 2.45) is 0 Å². The highest BCUT2D eigenvalue weighted by Crippen LogP contribution is 2.37. The maximum atomic E-state index is 10.6. The van der Waals surface area contributed by atoms with E-state index < -0.39 is 11.6 Å². The third kappa shape index (κ3) is 4.84. The third-order valence-corrected chi connectivity index (χ3v) is 5.54. The predicted octanol–water partition coefficient (Wildman–Crippen LogP) is 3.75. The lowest BCUT2D eigenvalue weighted by Crippen LogP contribution is -2.61. The molecule has 1 aliphatic rings. The summed E-state index contributed by atoms with van der Waals surface area (Å²) < 4.78 is 5.98. The summed E-state index contributed by atoms with van der Waals surface area (Å²) in [6.45, 7) is 4.34. The molecule has 25 heavy (non-hydrogen) atoms. The van der Waals surface area contributed by atoms with E-state index in [9.17, 15) is 5.11 Å². The van der Waals surface area contributed by atoms with Crippen LogP contribution in [-0.2, 0) is 16.2 Å². The van der Waals surface area contributed by atoms with E-state index in [1.54, 1.807) is 11.8 Å². The fourth-order valence-corrected chi connectivity index (χ4v) is 4.31. The molecule has 0 bridgehead atoms. The Kier molecular flexibility index (Phi) is 6.15. The quantitative estimate of drug-likeness (QED) is 0.769. The second-order valence-corrected chi connectivity index (χ2v) is 7.88. The topological polar surface area (TPSA) is 50.7 Å². The Morgan fingerprint density at radius 3 is 2.48 bits per heavy atom. The van der Waals surface area contributed by atoms with Crippen LogP contribution in [0.1, 0.15) is 25.8 Å². The van der Waals surface area contributed by atoms with E-state index >= 15 is 0 Å². The number of thioether (sulfide) groups is 1. The highest BCUT2D eigenvalue weighted by molar-refractivity contribution is 7.99. The average Bonchev–Trinajstić information content (AvgIpc) is 2.61. The van der Waals surface area contributed by atoms with Crippen molar-refractivity contribution in [3.05, 3.63) is 66.2 Å². The molecule has 2 aromatic carbocycles. The Bertz CT molecular complexity index is 655. The maximum Gasteiger partial charge on any atom is 0.110 e. The van der Waals surface area contributed by atoms with E-state index in [4.69, 9.17) is 9.57 Å². The molecule has 1 heterocycles. The maximum absolute atomic E-state index is 10.6. The van der Waals surface area contributed by atoms with Gasteiger partial charge in [-0.25, -0.2) is 0 Å². The minimum atomic E-state index is -0.643. The molecule has 0 aliphatic carbocycles. The monoisotopic (exact) mass is 359 g/mol. The van der Waals surface area contributed by atoms with Gasteiger partial charge >= 0.3 is 0 Å². The van der Waals surface area contributed by atoms with Crippen LogP contribution in [0.3, 0.4) is 0 Å². The molecule has 0 saturated carbocycles. The van der Waals surface area contributed by atoms with E-state index in [0.717, 1.165) is 10.5 Å². The summed E-state index contributed by atoms with van der Waals surface area (Å²) in [7, 11) is 0. The van der Waals surface area contributed by atoms with Gasteiger partial charge in [0.15, 0.2) is 0 Å². The van der Waals surface area contributed by atoms with Crippen molar-refractivity contribution < 1.29 is 14.7 Å². The molecule has 1 aliphatic heterocycles. The molecule has 2 N–H and O–H groups in total. The molecule has 1 fully saturated rings. The van der Waals surface area contributed by atoms with Crippen LogP contribution in [0, 0.1) is 0 Å². The Hall–Kier alpha value is -1.37. The van der Waals surface area contributed by atoms with Gasteiger partial charge in [0, 0.05) is 11.3 Å². The summed E-state index contributed by atoms with van der Waals surface area (Å²) in [4.78, 5) is 6.86. The van der Waals surface area contributed by atoms with Crippen LogP contribution in [-0.4, -0.2) is 28.3 Å². The SMILES string of the molecule is C[C@@H]1O[C@@H](Sc2ccccc2)C[C@@](C)(NOCc2ccccc2)[C@H]1O. The van der Waals surface area contributed by atoms with Crippen molar-refractivity contribution in [2.45, 2.75) is 55.0 Å². The first kappa shape index (κ1) is 18.4. The molecule has 2 aromatic rings. The summed E-state index contributed by atoms with van der Waals surface area (Å²) in [6, 6.07) is 20.2. The summed E-state index contributed by atoms with van der Waals surface area (Å²) in [5.41, 5.74) is 3.57. The fraction of sp³-hybridized carbons (Fsp3) is 0.400. The molecule has 0 spiro atoms. The number of rotatable bonds is 6. The minimum Gasteiger partial charge on any atom is -0.388 e. The number of nitrogens with one attached hydrogen (secondary N) is 1.